The second-order valence-electron chi connectivity index (χ2n) is 4.85. The number of hydrogen-bond acceptors (Lipinski definition) is 2. The molecule has 0 rings (SSSR count). The van der Waals surface area contributed by atoms with Crippen molar-refractivity contribution in [2.75, 3.05) is 0 Å². The molecule has 0 aromatic rings. The van der Waals surface area contributed by atoms with E-state index in [9.17, 15) is 9.59 Å². The summed E-state index contributed by atoms with van der Waals surface area (Å²) in [6.45, 7) is 10.0. The summed E-state index contributed by atoms with van der Waals surface area (Å²) >= 11 is 0. The molecule has 0 bridgehead atoms. The van der Waals surface area contributed by atoms with Crippen molar-refractivity contribution >= 4 is 41.1 Å². The first kappa shape index (κ1) is 19.7. The topological polar surface area (TPSA) is 34.1 Å². The fourth-order valence-corrected chi connectivity index (χ4v) is 1.90. The van der Waals surface area contributed by atoms with Crippen LogP contribution >= 0.6 is 0 Å². The largest absolute Gasteiger partial charge is 0.299 e. The zero-order valence-corrected chi connectivity index (χ0v) is 14.4. The van der Waals surface area contributed by atoms with Crippen molar-refractivity contribution in [3.05, 3.63) is 0 Å². The maximum Gasteiger partial charge on any atom is 0.146 e. The van der Waals surface area contributed by atoms with E-state index < -0.39 is 0 Å². The number of ketones is 2. The zero-order chi connectivity index (χ0) is 12.8. The molecular formula is C14H26NaO2. The van der Waals surface area contributed by atoms with Crippen LogP contribution in [0.4, 0.5) is 0 Å². The number of hydrogen-bond donors (Lipinski definition) is 0. The molecule has 0 N–H and O–H groups in total. The molecule has 17 heavy (non-hydrogen) atoms. The molecular weight excluding hydrogens is 223 g/mol. The second-order valence-corrected chi connectivity index (χ2v) is 4.85. The van der Waals surface area contributed by atoms with Gasteiger partial charge in [0.2, 0.25) is 0 Å². The average Bonchev–Trinajstić information content (AvgIpc) is 2.29. The number of carbonyl (C=O) groups excluding carboxylic acids is 2. The molecule has 0 unspecified atom stereocenters. The number of carbonyl (C=O) groups is 2. The van der Waals surface area contributed by atoms with Crippen LogP contribution in [0.15, 0.2) is 0 Å². The van der Waals surface area contributed by atoms with E-state index in [2.05, 4.69) is 0 Å². The third-order valence-corrected chi connectivity index (χ3v) is 4.01. The molecule has 2 nitrogen and oxygen atoms in total. The van der Waals surface area contributed by atoms with E-state index in [1.54, 1.807) is 0 Å². The molecule has 0 atom stereocenters. The van der Waals surface area contributed by atoms with E-state index in [-0.39, 0.29) is 58.9 Å². The van der Waals surface area contributed by atoms with Crippen LogP contribution in [0, 0.1) is 11.3 Å². The van der Waals surface area contributed by atoms with Crippen molar-refractivity contribution in [1.82, 2.24) is 0 Å². The number of Topliss-reactive ketones (excluding diaryl/α,β-unsaturated/α-hetero) is 2. The van der Waals surface area contributed by atoms with Gasteiger partial charge in [-0.25, -0.2) is 0 Å². The van der Waals surface area contributed by atoms with E-state index >= 15 is 0 Å². The Bertz CT molecular complexity index is 241. The Labute approximate surface area is 128 Å². The molecule has 0 spiro atoms. The summed E-state index contributed by atoms with van der Waals surface area (Å²) in [5, 5.41) is 0. The fourth-order valence-electron chi connectivity index (χ4n) is 1.90. The SMILES string of the molecule is CCC(CC)C(=O)CC(=O)C(C)(CC)CC.[Na]. The van der Waals surface area contributed by atoms with Crippen LogP contribution in [-0.4, -0.2) is 41.1 Å². The van der Waals surface area contributed by atoms with Crippen LogP contribution in [-0.2, 0) is 9.59 Å². The molecule has 0 saturated carbocycles. The normalized spacial score (nSPS) is 11.2. The Balaban J connectivity index is 0. The van der Waals surface area contributed by atoms with Gasteiger partial charge in [-0.3, -0.25) is 9.59 Å². The summed E-state index contributed by atoms with van der Waals surface area (Å²) in [4.78, 5) is 23.9. The minimum atomic E-state index is -0.304. The average molecular weight is 249 g/mol. The van der Waals surface area contributed by atoms with Gasteiger partial charge in [-0.15, -0.1) is 0 Å². The van der Waals surface area contributed by atoms with Gasteiger partial charge in [0.25, 0.3) is 0 Å². The quantitative estimate of drug-likeness (QED) is 0.488. The zero-order valence-electron chi connectivity index (χ0n) is 12.4. The molecule has 0 aromatic heterocycles. The summed E-state index contributed by atoms with van der Waals surface area (Å²) in [5.41, 5.74) is -0.304. The van der Waals surface area contributed by atoms with Gasteiger partial charge < -0.3 is 0 Å². The number of rotatable bonds is 8. The van der Waals surface area contributed by atoms with E-state index in [1.165, 1.54) is 0 Å². The van der Waals surface area contributed by atoms with E-state index in [4.69, 9.17) is 0 Å². The molecule has 0 aromatic carbocycles. The van der Waals surface area contributed by atoms with Gasteiger partial charge in [-0.1, -0.05) is 34.6 Å². The molecule has 1 radical (unpaired) electrons. The van der Waals surface area contributed by atoms with Crippen LogP contribution in [0.1, 0.15) is 66.7 Å². The second kappa shape index (κ2) is 9.29. The van der Waals surface area contributed by atoms with Gasteiger partial charge >= 0.3 is 0 Å². The van der Waals surface area contributed by atoms with Gasteiger partial charge in [0, 0.05) is 40.9 Å². The van der Waals surface area contributed by atoms with Crippen LogP contribution < -0.4 is 0 Å². The van der Waals surface area contributed by atoms with Crippen LogP contribution in [0.25, 0.3) is 0 Å². The van der Waals surface area contributed by atoms with Crippen LogP contribution in [0.2, 0.25) is 0 Å². The molecule has 0 heterocycles. The van der Waals surface area contributed by atoms with Crippen molar-refractivity contribution in [2.24, 2.45) is 11.3 Å². The third kappa shape index (κ3) is 5.67. The van der Waals surface area contributed by atoms with Crippen molar-refractivity contribution in [2.45, 2.75) is 66.7 Å². The van der Waals surface area contributed by atoms with E-state index in [0.717, 1.165) is 25.7 Å². The monoisotopic (exact) mass is 249 g/mol. The first-order valence-corrected chi connectivity index (χ1v) is 6.51. The maximum absolute atomic E-state index is 12.1. The summed E-state index contributed by atoms with van der Waals surface area (Å²) in [6.07, 6.45) is 3.46. The van der Waals surface area contributed by atoms with Crippen LogP contribution in [0.5, 0.6) is 0 Å². The smallest absolute Gasteiger partial charge is 0.146 e. The molecule has 0 aliphatic heterocycles. The van der Waals surface area contributed by atoms with Crippen molar-refractivity contribution in [3.8, 4) is 0 Å². The van der Waals surface area contributed by atoms with E-state index in [1.807, 2.05) is 34.6 Å². The standard InChI is InChI=1S/C14H26O2.Na/c1-6-11(7-2)12(15)10-13(16)14(5,8-3)9-4;/h11H,6-10H2,1-5H3;. The molecule has 0 aliphatic carbocycles. The fraction of sp³-hybridized carbons (Fsp3) is 0.857. The molecule has 95 valence electrons. The van der Waals surface area contributed by atoms with Crippen molar-refractivity contribution < 1.29 is 9.59 Å². The predicted molar refractivity (Wildman–Crippen MR) is 73.1 cm³/mol. The predicted octanol–water partition coefficient (Wildman–Crippen LogP) is 3.40. The third-order valence-electron chi connectivity index (χ3n) is 4.01. The van der Waals surface area contributed by atoms with Gasteiger partial charge in [0.05, 0.1) is 6.42 Å². The van der Waals surface area contributed by atoms with Crippen molar-refractivity contribution in [1.29, 1.82) is 0 Å². The van der Waals surface area contributed by atoms with Gasteiger partial charge in [-0.2, -0.15) is 0 Å². The molecule has 0 saturated heterocycles. The van der Waals surface area contributed by atoms with Crippen molar-refractivity contribution in [3.63, 3.8) is 0 Å². The van der Waals surface area contributed by atoms with Gasteiger partial charge in [0.1, 0.15) is 11.6 Å². The molecule has 3 heteroatoms. The summed E-state index contributed by atoms with van der Waals surface area (Å²) in [6, 6.07) is 0. The molecule has 0 fully saturated rings. The Morgan fingerprint density at radius 2 is 1.41 bits per heavy atom. The Kier molecular flexibility index (Phi) is 10.8. The summed E-state index contributed by atoms with van der Waals surface area (Å²) in [5.74, 6) is 0.319. The summed E-state index contributed by atoms with van der Waals surface area (Å²) < 4.78 is 0. The Morgan fingerprint density at radius 1 is 1.00 bits per heavy atom. The van der Waals surface area contributed by atoms with Gasteiger partial charge in [0.15, 0.2) is 0 Å². The minimum Gasteiger partial charge on any atom is -0.299 e. The Morgan fingerprint density at radius 3 is 1.71 bits per heavy atom. The molecule has 0 aliphatic rings. The van der Waals surface area contributed by atoms with Crippen LogP contribution in [0.3, 0.4) is 0 Å². The molecule has 0 amide bonds. The minimum absolute atomic E-state index is 0. The van der Waals surface area contributed by atoms with Gasteiger partial charge in [-0.05, 0) is 25.7 Å². The first-order chi connectivity index (χ1) is 7.45. The maximum atomic E-state index is 12.1. The Hall–Kier alpha value is 0.340. The van der Waals surface area contributed by atoms with E-state index in [0.29, 0.717) is 0 Å². The summed E-state index contributed by atoms with van der Waals surface area (Å²) in [7, 11) is 0. The first-order valence-electron chi connectivity index (χ1n) is 6.51.